The van der Waals surface area contributed by atoms with Crippen molar-refractivity contribution < 1.29 is 4.79 Å². The van der Waals surface area contributed by atoms with Crippen molar-refractivity contribution in [2.75, 3.05) is 6.54 Å². The molecule has 1 aromatic carbocycles. The summed E-state index contributed by atoms with van der Waals surface area (Å²) in [7, 11) is 0. The van der Waals surface area contributed by atoms with E-state index in [0.29, 0.717) is 6.54 Å². The van der Waals surface area contributed by atoms with E-state index in [4.69, 9.17) is 5.73 Å². The topological polar surface area (TPSA) is 55.1 Å². The molecule has 0 radical (unpaired) electrons. The van der Waals surface area contributed by atoms with Gasteiger partial charge in [-0.05, 0) is 24.8 Å². The third-order valence-electron chi connectivity index (χ3n) is 3.31. The zero-order chi connectivity index (χ0) is 13.4. The van der Waals surface area contributed by atoms with Gasteiger partial charge in [0.15, 0.2) is 0 Å². The molecule has 0 aliphatic rings. The van der Waals surface area contributed by atoms with Crippen LogP contribution < -0.4 is 11.1 Å². The van der Waals surface area contributed by atoms with Gasteiger partial charge in [0.1, 0.15) is 0 Å². The molecule has 0 aliphatic heterocycles. The van der Waals surface area contributed by atoms with Crippen LogP contribution in [-0.4, -0.2) is 18.5 Å². The molecule has 0 aromatic heterocycles. The lowest BCUT2D eigenvalue weighted by molar-refractivity contribution is -0.125. The van der Waals surface area contributed by atoms with E-state index in [1.54, 1.807) is 0 Å². The highest BCUT2D eigenvalue weighted by Crippen LogP contribution is 2.09. The molecular formula is C15H24N2O. The third kappa shape index (κ3) is 4.49. The van der Waals surface area contributed by atoms with Gasteiger partial charge in [0.25, 0.3) is 0 Å². The van der Waals surface area contributed by atoms with Crippen LogP contribution in [0.3, 0.4) is 0 Å². The Morgan fingerprint density at radius 3 is 2.33 bits per heavy atom. The van der Waals surface area contributed by atoms with Gasteiger partial charge >= 0.3 is 0 Å². The van der Waals surface area contributed by atoms with Crippen LogP contribution in [-0.2, 0) is 11.2 Å². The summed E-state index contributed by atoms with van der Waals surface area (Å²) in [5.41, 5.74) is 6.94. The summed E-state index contributed by atoms with van der Waals surface area (Å²) >= 11 is 0. The minimum absolute atomic E-state index is 0.0282. The highest BCUT2D eigenvalue weighted by molar-refractivity contribution is 5.78. The van der Waals surface area contributed by atoms with Gasteiger partial charge in [0.05, 0.1) is 0 Å². The van der Waals surface area contributed by atoms with Crippen molar-refractivity contribution >= 4 is 5.91 Å². The second kappa shape index (κ2) is 7.88. The molecule has 1 aromatic rings. The Labute approximate surface area is 110 Å². The highest BCUT2D eigenvalue weighted by atomic mass is 16.1. The van der Waals surface area contributed by atoms with Crippen molar-refractivity contribution in [2.45, 2.75) is 39.2 Å². The molecule has 0 saturated heterocycles. The van der Waals surface area contributed by atoms with Gasteiger partial charge in [0, 0.05) is 18.5 Å². The summed E-state index contributed by atoms with van der Waals surface area (Å²) in [6, 6.07) is 10.2. The zero-order valence-electron chi connectivity index (χ0n) is 11.4. The molecule has 1 atom stereocenters. The average Bonchev–Trinajstić information content (AvgIpc) is 2.40. The molecule has 1 unspecified atom stereocenters. The maximum Gasteiger partial charge on any atom is 0.223 e. The molecule has 0 spiro atoms. The quantitative estimate of drug-likeness (QED) is 0.776. The van der Waals surface area contributed by atoms with E-state index in [9.17, 15) is 4.79 Å². The molecule has 1 amide bonds. The summed E-state index contributed by atoms with van der Waals surface area (Å²) in [5.74, 6) is 0.237. The van der Waals surface area contributed by atoms with Crippen LogP contribution in [0.2, 0.25) is 0 Å². The summed E-state index contributed by atoms with van der Waals surface area (Å²) in [6.07, 6.45) is 2.55. The van der Waals surface area contributed by atoms with Gasteiger partial charge in [-0.1, -0.05) is 44.2 Å². The molecular weight excluding hydrogens is 224 g/mol. The number of amides is 1. The maximum atomic E-state index is 12.0. The van der Waals surface area contributed by atoms with E-state index in [1.165, 1.54) is 5.56 Å². The van der Waals surface area contributed by atoms with Crippen LogP contribution in [0.15, 0.2) is 30.3 Å². The van der Waals surface area contributed by atoms with Crippen molar-refractivity contribution in [2.24, 2.45) is 11.7 Å². The molecule has 1 rings (SSSR count). The Morgan fingerprint density at radius 2 is 1.83 bits per heavy atom. The second-order valence-electron chi connectivity index (χ2n) is 4.64. The molecule has 0 fully saturated rings. The molecule has 0 heterocycles. The number of carbonyl (C=O) groups excluding carboxylic acids is 1. The summed E-state index contributed by atoms with van der Waals surface area (Å²) < 4.78 is 0. The molecule has 0 aliphatic carbocycles. The van der Waals surface area contributed by atoms with Gasteiger partial charge in [0.2, 0.25) is 5.91 Å². The minimum atomic E-state index is 0.0282. The summed E-state index contributed by atoms with van der Waals surface area (Å²) in [4.78, 5) is 12.0. The van der Waals surface area contributed by atoms with Crippen LogP contribution in [0.1, 0.15) is 32.3 Å². The van der Waals surface area contributed by atoms with Crippen molar-refractivity contribution in [1.82, 2.24) is 5.32 Å². The lowest BCUT2D eigenvalue weighted by atomic mass is 10.0. The monoisotopic (exact) mass is 248 g/mol. The highest BCUT2D eigenvalue weighted by Gasteiger charge is 2.17. The fourth-order valence-corrected chi connectivity index (χ4v) is 2.07. The number of hydrogen-bond acceptors (Lipinski definition) is 2. The minimum Gasteiger partial charge on any atom is -0.352 e. The molecule has 3 heteroatoms. The predicted octanol–water partition coefficient (Wildman–Crippen LogP) is 2.11. The first-order valence-electron chi connectivity index (χ1n) is 6.75. The van der Waals surface area contributed by atoms with Crippen molar-refractivity contribution in [3.8, 4) is 0 Å². The standard InChI is InChI=1S/C15H24N2O/c1-3-13(4-2)15(18)17-14(11-16)10-12-8-6-5-7-9-12/h5-9,13-14H,3-4,10-11,16H2,1-2H3,(H,17,18). The summed E-state index contributed by atoms with van der Waals surface area (Å²) in [5, 5.41) is 3.05. The smallest absolute Gasteiger partial charge is 0.223 e. The first kappa shape index (κ1) is 14.7. The molecule has 0 saturated carbocycles. The Balaban J connectivity index is 2.54. The Hall–Kier alpha value is -1.35. The van der Waals surface area contributed by atoms with Crippen LogP contribution in [0.5, 0.6) is 0 Å². The molecule has 18 heavy (non-hydrogen) atoms. The number of nitrogens with one attached hydrogen (secondary N) is 1. The van der Waals surface area contributed by atoms with Gasteiger partial charge in [-0.3, -0.25) is 4.79 Å². The Kier molecular flexibility index (Phi) is 6.44. The number of rotatable bonds is 7. The first-order chi connectivity index (χ1) is 8.71. The second-order valence-corrected chi connectivity index (χ2v) is 4.64. The van der Waals surface area contributed by atoms with Crippen LogP contribution in [0.25, 0.3) is 0 Å². The van der Waals surface area contributed by atoms with Crippen molar-refractivity contribution in [3.05, 3.63) is 35.9 Å². The predicted molar refractivity (Wildman–Crippen MR) is 75.2 cm³/mol. The fraction of sp³-hybridized carbons (Fsp3) is 0.533. The fourth-order valence-electron chi connectivity index (χ4n) is 2.07. The van der Waals surface area contributed by atoms with Crippen LogP contribution >= 0.6 is 0 Å². The van der Waals surface area contributed by atoms with E-state index in [0.717, 1.165) is 19.3 Å². The average molecular weight is 248 g/mol. The van der Waals surface area contributed by atoms with Gasteiger partial charge < -0.3 is 11.1 Å². The van der Waals surface area contributed by atoms with E-state index in [1.807, 2.05) is 32.0 Å². The van der Waals surface area contributed by atoms with Gasteiger partial charge in [-0.25, -0.2) is 0 Å². The number of nitrogens with two attached hydrogens (primary N) is 1. The number of hydrogen-bond donors (Lipinski definition) is 2. The van der Waals surface area contributed by atoms with E-state index in [2.05, 4.69) is 17.4 Å². The molecule has 100 valence electrons. The zero-order valence-corrected chi connectivity index (χ0v) is 11.4. The van der Waals surface area contributed by atoms with Gasteiger partial charge in [-0.2, -0.15) is 0 Å². The first-order valence-corrected chi connectivity index (χ1v) is 6.75. The Morgan fingerprint density at radius 1 is 1.22 bits per heavy atom. The van der Waals surface area contributed by atoms with Crippen molar-refractivity contribution in [3.63, 3.8) is 0 Å². The lowest BCUT2D eigenvalue weighted by Gasteiger charge is -2.20. The SMILES string of the molecule is CCC(CC)C(=O)NC(CN)Cc1ccccc1. The lowest BCUT2D eigenvalue weighted by Crippen LogP contribution is -2.44. The van der Waals surface area contributed by atoms with Crippen LogP contribution in [0.4, 0.5) is 0 Å². The summed E-state index contributed by atoms with van der Waals surface area (Å²) in [6.45, 7) is 4.56. The van der Waals surface area contributed by atoms with Crippen LogP contribution in [0, 0.1) is 5.92 Å². The molecule has 0 bridgehead atoms. The van der Waals surface area contributed by atoms with E-state index < -0.39 is 0 Å². The van der Waals surface area contributed by atoms with Gasteiger partial charge in [-0.15, -0.1) is 0 Å². The van der Waals surface area contributed by atoms with E-state index >= 15 is 0 Å². The molecule has 3 N–H and O–H groups in total. The normalized spacial score (nSPS) is 12.4. The molecule has 3 nitrogen and oxygen atoms in total. The number of benzene rings is 1. The number of carbonyl (C=O) groups is 1. The Bertz CT molecular complexity index is 347. The van der Waals surface area contributed by atoms with E-state index in [-0.39, 0.29) is 17.9 Å². The largest absolute Gasteiger partial charge is 0.352 e. The third-order valence-corrected chi connectivity index (χ3v) is 3.31. The van der Waals surface area contributed by atoms with Crippen molar-refractivity contribution in [1.29, 1.82) is 0 Å². The maximum absolute atomic E-state index is 12.0.